The van der Waals surface area contributed by atoms with Crippen LogP contribution in [0.25, 0.3) is 0 Å². The summed E-state index contributed by atoms with van der Waals surface area (Å²) in [6.07, 6.45) is 0. The lowest BCUT2D eigenvalue weighted by molar-refractivity contribution is 0.0948. The SMILES string of the molecule is COc1cc(C(=O)NCC(C)C)ccc1S(=O)(=O)Cl. The second kappa shape index (κ2) is 6.25. The van der Waals surface area contributed by atoms with Crippen LogP contribution in [0.5, 0.6) is 5.75 Å². The van der Waals surface area contributed by atoms with Crippen LogP contribution in [0.1, 0.15) is 24.2 Å². The monoisotopic (exact) mass is 305 g/mol. The number of ether oxygens (including phenoxy) is 1. The maximum atomic E-state index is 11.8. The highest BCUT2D eigenvalue weighted by molar-refractivity contribution is 8.13. The Morgan fingerprint density at radius 3 is 2.53 bits per heavy atom. The molecule has 0 aliphatic carbocycles. The van der Waals surface area contributed by atoms with E-state index in [-0.39, 0.29) is 16.6 Å². The normalized spacial score (nSPS) is 11.4. The van der Waals surface area contributed by atoms with Crippen LogP contribution in [0.15, 0.2) is 23.1 Å². The van der Waals surface area contributed by atoms with Gasteiger partial charge in [0.1, 0.15) is 10.6 Å². The molecule has 0 fully saturated rings. The number of nitrogens with one attached hydrogen (secondary N) is 1. The van der Waals surface area contributed by atoms with Crippen LogP contribution in [-0.2, 0) is 9.05 Å². The van der Waals surface area contributed by atoms with Crippen LogP contribution in [0.3, 0.4) is 0 Å². The highest BCUT2D eigenvalue weighted by Crippen LogP contribution is 2.27. The molecule has 1 rings (SSSR count). The van der Waals surface area contributed by atoms with Gasteiger partial charge in [-0.2, -0.15) is 0 Å². The number of halogens is 1. The third-order valence-electron chi connectivity index (χ3n) is 2.36. The van der Waals surface area contributed by atoms with Gasteiger partial charge in [-0.05, 0) is 24.1 Å². The van der Waals surface area contributed by atoms with Gasteiger partial charge >= 0.3 is 0 Å². The lowest BCUT2D eigenvalue weighted by Gasteiger charge is -2.10. The minimum Gasteiger partial charge on any atom is -0.495 e. The summed E-state index contributed by atoms with van der Waals surface area (Å²) in [5.74, 6) is 0.0889. The van der Waals surface area contributed by atoms with Crippen LogP contribution < -0.4 is 10.1 Å². The van der Waals surface area contributed by atoms with E-state index in [2.05, 4.69) is 5.32 Å². The van der Waals surface area contributed by atoms with Gasteiger partial charge in [0.25, 0.3) is 15.0 Å². The van der Waals surface area contributed by atoms with E-state index >= 15 is 0 Å². The smallest absolute Gasteiger partial charge is 0.264 e. The molecule has 106 valence electrons. The van der Waals surface area contributed by atoms with Crippen molar-refractivity contribution < 1.29 is 17.9 Å². The predicted octanol–water partition coefficient (Wildman–Crippen LogP) is 2.01. The summed E-state index contributed by atoms with van der Waals surface area (Å²) in [6, 6.07) is 4.00. The Balaban J connectivity index is 3.04. The van der Waals surface area contributed by atoms with Gasteiger partial charge in [0.15, 0.2) is 0 Å². The van der Waals surface area contributed by atoms with Crippen LogP contribution >= 0.6 is 10.7 Å². The van der Waals surface area contributed by atoms with E-state index in [1.807, 2.05) is 13.8 Å². The number of hydrogen-bond donors (Lipinski definition) is 1. The van der Waals surface area contributed by atoms with Gasteiger partial charge < -0.3 is 10.1 Å². The minimum absolute atomic E-state index is 0.0483. The second-order valence-electron chi connectivity index (χ2n) is 4.41. The van der Waals surface area contributed by atoms with Crippen LogP contribution in [0.4, 0.5) is 0 Å². The summed E-state index contributed by atoms with van der Waals surface area (Å²) in [5, 5.41) is 2.73. The van der Waals surface area contributed by atoms with Gasteiger partial charge in [-0.25, -0.2) is 8.42 Å². The zero-order valence-electron chi connectivity index (χ0n) is 10.9. The fraction of sp³-hybridized carbons (Fsp3) is 0.417. The highest BCUT2D eigenvalue weighted by atomic mass is 35.7. The Morgan fingerprint density at radius 2 is 2.05 bits per heavy atom. The van der Waals surface area contributed by atoms with Crippen molar-refractivity contribution in [1.82, 2.24) is 5.32 Å². The van der Waals surface area contributed by atoms with Gasteiger partial charge in [0.05, 0.1) is 7.11 Å². The first-order valence-corrected chi connectivity index (χ1v) is 7.97. The van der Waals surface area contributed by atoms with Crippen molar-refractivity contribution in [2.45, 2.75) is 18.7 Å². The first-order valence-electron chi connectivity index (χ1n) is 5.66. The zero-order chi connectivity index (χ0) is 14.6. The molecule has 0 unspecified atom stereocenters. The Bertz CT molecular complexity index is 569. The molecule has 0 saturated carbocycles. The largest absolute Gasteiger partial charge is 0.495 e. The molecule has 0 saturated heterocycles. The Labute approximate surface area is 117 Å². The van der Waals surface area contributed by atoms with Crippen molar-refractivity contribution in [1.29, 1.82) is 0 Å². The van der Waals surface area contributed by atoms with Crippen molar-refractivity contribution in [3.8, 4) is 5.75 Å². The first kappa shape index (κ1) is 15.8. The number of amides is 1. The third kappa shape index (κ3) is 4.40. The molecule has 0 aliphatic heterocycles. The lowest BCUT2D eigenvalue weighted by Crippen LogP contribution is -2.27. The molecule has 7 heteroatoms. The van der Waals surface area contributed by atoms with E-state index in [9.17, 15) is 13.2 Å². The highest BCUT2D eigenvalue weighted by Gasteiger charge is 2.18. The standard InChI is InChI=1S/C12H16ClNO4S/c1-8(2)7-14-12(15)9-4-5-11(19(13,16)17)10(6-9)18-3/h4-6,8H,7H2,1-3H3,(H,14,15). The number of hydrogen-bond acceptors (Lipinski definition) is 4. The molecule has 1 amide bonds. The maximum Gasteiger partial charge on any atom is 0.264 e. The lowest BCUT2D eigenvalue weighted by atomic mass is 10.2. The quantitative estimate of drug-likeness (QED) is 0.845. The van der Waals surface area contributed by atoms with E-state index < -0.39 is 9.05 Å². The molecule has 0 aliphatic rings. The summed E-state index contributed by atoms with van der Waals surface area (Å²) in [4.78, 5) is 11.7. The van der Waals surface area contributed by atoms with Crippen molar-refractivity contribution in [3.05, 3.63) is 23.8 Å². The van der Waals surface area contributed by atoms with E-state index in [0.717, 1.165) is 0 Å². The van der Waals surface area contributed by atoms with Gasteiger partial charge in [-0.15, -0.1) is 0 Å². The predicted molar refractivity (Wildman–Crippen MR) is 73.2 cm³/mol. The topological polar surface area (TPSA) is 72.5 Å². The number of carbonyl (C=O) groups excluding carboxylic acids is 1. The number of carbonyl (C=O) groups is 1. The average Bonchev–Trinajstić information content (AvgIpc) is 2.33. The molecular formula is C12H16ClNO4S. The first-order chi connectivity index (χ1) is 8.75. The van der Waals surface area contributed by atoms with Crippen molar-refractivity contribution in [3.63, 3.8) is 0 Å². The van der Waals surface area contributed by atoms with Crippen molar-refractivity contribution in [2.75, 3.05) is 13.7 Å². The van der Waals surface area contributed by atoms with Crippen LogP contribution in [0.2, 0.25) is 0 Å². The molecule has 1 aromatic rings. The fourth-order valence-corrected chi connectivity index (χ4v) is 2.40. The summed E-state index contributed by atoms with van der Waals surface area (Å²) in [7, 11) is 2.69. The fourth-order valence-electron chi connectivity index (χ4n) is 1.41. The van der Waals surface area contributed by atoms with Crippen LogP contribution in [-0.4, -0.2) is 28.0 Å². The van der Waals surface area contributed by atoms with E-state index in [4.69, 9.17) is 15.4 Å². The van der Waals surface area contributed by atoms with E-state index in [1.165, 1.54) is 25.3 Å². The van der Waals surface area contributed by atoms with E-state index in [1.54, 1.807) is 0 Å². The molecule has 5 nitrogen and oxygen atoms in total. The molecule has 1 N–H and O–H groups in total. The molecule has 1 aromatic carbocycles. The third-order valence-corrected chi connectivity index (χ3v) is 3.72. The molecule has 19 heavy (non-hydrogen) atoms. The number of rotatable bonds is 5. The number of benzene rings is 1. The van der Waals surface area contributed by atoms with Gasteiger partial charge in [0.2, 0.25) is 0 Å². The van der Waals surface area contributed by atoms with Crippen molar-refractivity contribution in [2.24, 2.45) is 5.92 Å². The molecular weight excluding hydrogens is 290 g/mol. The molecule has 0 heterocycles. The molecule has 0 radical (unpaired) electrons. The summed E-state index contributed by atoms with van der Waals surface area (Å²) in [5.41, 5.74) is 0.321. The molecule has 0 spiro atoms. The molecule has 0 bridgehead atoms. The van der Waals surface area contributed by atoms with Gasteiger partial charge in [-0.1, -0.05) is 13.8 Å². The summed E-state index contributed by atoms with van der Waals surface area (Å²) in [6.45, 7) is 4.49. The van der Waals surface area contributed by atoms with Crippen LogP contribution in [0, 0.1) is 5.92 Å². The van der Waals surface area contributed by atoms with Gasteiger partial charge in [-0.3, -0.25) is 4.79 Å². The minimum atomic E-state index is -3.90. The van der Waals surface area contributed by atoms with Gasteiger partial charge in [0, 0.05) is 22.8 Å². The second-order valence-corrected chi connectivity index (χ2v) is 6.94. The summed E-state index contributed by atoms with van der Waals surface area (Å²) >= 11 is 0. The van der Waals surface area contributed by atoms with Crippen molar-refractivity contribution >= 4 is 25.6 Å². The zero-order valence-corrected chi connectivity index (χ0v) is 12.5. The average molecular weight is 306 g/mol. The Hall–Kier alpha value is -1.27. The van der Waals surface area contributed by atoms with E-state index in [0.29, 0.717) is 18.0 Å². The number of methoxy groups -OCH3 is 1. The summed E-state index contributed by atoms with van der Waals surface area (Å²) < 4.78 is 27.5. The Kier molecular flexibility index (Phi) is 5.20. The maximum absolute atomic E-state index is 11.8. The Morgan fingerprint density at radius 1 is 1.42 bits per heavy atom. The molecule has 0 atom stereocenters. The molecule has 0 aromatic heterocycles.